The van der Waals surface area contributed by atoms with Gasteiger partial charge >= 0.3 is 5.97 Å². The SMILES string of the molecule is CCOC(=O)C(=Cc1ccc(O)cc1)C(C)=O. The van der Waals surface area contributed by atoms with Crippen LogP contribution in [0, 0.1) is 0 Å². The maximum atomic E-state index is 11.5. The van der Waals surface area contributed by atoms with Crippen molar-refractivity contribution in [3.63, 3.8) is 0 Å². The minimum atomic E-state index is -0.631. The zero-order valence-corrected chi connectivity index (χ0v) is 9.77. The molecule has 1 rings (SSSR count). The molecule has 0 atom stereocenters. The molecule has 90 valence electrons. The van der Waals surface area contributed by atoms with Gasteiger partial charge in [-0.15, -0.1) is 0 Å². The van der Waals surface area contributed by atoms with Crippen LogP contribution >= 0.6 is 0 Å². The molecule has 1 aromatic rings. The first-order chi connectivity index (χ1) is 8.04. The lowest BCUT2D eigenvalue weighted by molar-refractivity contribution is -0.139. The van der Waals surface area contributed by atoms with Gasteiger partial charge < -0.3 is 9.84 Å². The Bertz CT molecular complexity index is 443. The maximum Gasteiger partial charge on any atom is 0.341 e. The van der Waals surface area contributed by atoms with Gasteiger partial charge in [0.1, 0.15) is 11.3 Å². The fourth-order valence-corrected chi connectivity index (χ4v) is 1.25. The highest BCUT2D eigenvalue weighted by Crippen LogP contribution is 2.14. The van der Waals surface area contributed by atoms with Gasteiger partial charge in [-0.3, -0.25) is 4.79 Å². The van der Waals surface area contributed by atoms with E-state index in [9.17, 15) is 9.59 Å². The van der Waals surface area contributed by atoms with Gasteiger partial charge in [-0.2, -0.15) is 0 Å². The number of phenols is 1. The molecule has 0 fully saturated rings. The minimum absolute atomic E-state index is 0.00228. The molecule has 0 aromatic heterocycles. The molecule has 1 N–H and O–H groups in total. The van der Waals surface area contributed by atoms with E-state index in [4.69, 9.17) is 9.84 Å². The summed E-state index contributed by atoms with van der Waals surface area (Å²) in [5, 5.41) is 9.11. The summed E-state index contributed by atoms with van der Waals surface area (Å²) in [5.41, 5.74) is 0.651. The Kier molecular flexibility index (Phi) is 4.46. The fraction of sp³-hybridized carbons (Fsp3) is 0.231. The molecule has 1 aromatic carbocycles. The van der Waals surface area contributed by atoms with Crippen LogP contribution in [0.3, 0.4) is 0 Å². The third-order valence-corrected chi connectivity index (χ3v) is 2.08. The van der Waals surface area contributed by atoms with Crippen LogP contribution in [-0.2, 0) is 14.3 Å². The number of Topliss-reactive ketones (excluding diaryl/α,β-unsaturated/α-hetero) is 1. The second-order valence-corrected chi connectivity index (χ2v) is 3.43. The van der Waals surface area contributed by atoms with Crippen LogP contribution in [0.15, 0.2) is 29.8 Å². The van der Waals surface area contributed by atoms with Crippen LogP contribution in [0.25, 0.3) is 6.08 Å². The van der Waals surface area contributed by atoms with E-state index in [-0.39, 0.29) is 23.7 Å². The molecule has 0 radical (unpaired) electrons. The monoisotopic (exact) mass is 234 g/mol. The predicted molar refractivity (Wildman–Crippen MR) is 63.4 cm³/mol. The summed E-state index contributed by atoms with van der Waals surface area (Å²) in [6.07, 6.45) is 1.44. The van der Waals surface area contributed by atoms with Crippen molar-refractivity contribution in [1.29, 1.82) is 0 Å². The zero-order valence-electron chi connectivity index (χ0n) is 9.77. The summed E-state index contributed by atoms with van der Waals surface area (Å²) in [4.78, 5) is 22.8. The number of ether oxygens (including phenoxy) is 1. The molecule has 0 spiro atoms. The van der Waals surface area contributed by atoms with Crippen LogP contribution in [-0.4, -0.2) is 23.5 Å². The maximum absolute atomic E-state index is 11.5. The van der Waals surface area contributed by atoms with Crippen LogP contribution in [0.4, 0.5) is 0 Å². The van der Waals surface area contributed by atoms with Crippen LogP contribution < -0.4 is 0 Å². The average molecular weight is 234 g/mol. The lowest BCUT2D eigenvalue weighted by Crippen LogP contribution is -2.13. The van der Waals surface area contributed by atoms with Gasteiger partial charge in [0.2, 0.25) is 0 Å². The second-order valence-electron chi connectivity index (χ2n) is 3.43. The topological polar surface area (TPSA) is 63.6 Å². The summed E-state index contributed by atoms with van der Waals surface area (Å²) in [6, 6.07) is 6.18. The number of rotatable bonds is 4. The lowest BCUT2D eigenvalue weighted by atomic mass is 10.1. The van der Waals surface area contributed by atoms with Gasteiger partial charge in [-0.25, -0.2) is 4.79 Å². The smallest absolute Gasteiger partial charge is 0.341 e. The number of esters is 1. The molecule has 4 nitrogen and oxygen atoms in total. The van der Waals surface area contributed by atoms with Crippen molar-refractivity contribution in [3.05, 3.63) is 35.4 Å². The molecule has 0 amide bonds. The van der Waals surface area contributed by atoms with Crippen LogP contribution in [0.5, 0.6) is 5.75 Å². The molecule has 0 aliphatic heterocycles. The molecule has 0 bridgehead atoms. The largest absolute Gasteiger partial charge is 0.508 e. The molecule has 0 saturated carbocycles. The first-order valence-electron chi connectivity index (χ1n) is 5.23. The van der Waals surface area contributed by atoms with Crippen molar-refractivity contribution in [2.45, 2.75) is 13.8 Å². The van der Waals surface area contributed by atoms with Crippen LogP contribution in [0.1, 0.15) is 19.4 Å². The van der Waals surface area contributed by atoms with Gasteiger partial charge in [0, 0.05) is 0 Å². The van der Waals surface area contributed by atoms with Gasteiger partial charge in [-0.1, -0.05) is 12.1 Å². The van der Waals surface area contributed by atoms with E-state index in [1.54, 1.807) is 19.1 Å². The summed E-state index contributed by atoms with van der Waals surface area (Å²) < 4.78 is 4.78. The first kappa shape index (κ1) is 13.0. The van der Waals surface area contributed by atoms with Crippen molar-refractivity contribution in [3.8, 4) is 5.75 Å². The quantitative estimate of drug-likeness (QED) is 0.374. The molecule has 4 heteroatoms. The summed E-state index contributed by atoms with van der Waals surface area (Å²) in [6.45, 7) is 3.21. The highest BCUT2D eigenvalue weighted by molar-refractivity contribution is 6.19. The Morgan fingerprint density at radius 1 is 1.29 bits per heavy atom. The predicted octanol–water partition coefficient (Wildman–Crippen LogP) is 1.93. The van der Waals surface area contributed by atoms with E-state index in [0.29, 0.717) is 5.56 Å². The number of ketones is 1. The molecular formula is C13H14O4. The van der Waals surface area contributed by atoms with Crippen LogP contribution in [0.2, 0.25) is 0 Å². The standard InChI is InChI=1S/C13H14O4/c1-3-17-13(16)12(9(2)14)8-10-4-6-11(15)7-5-10/h4-8,15H,3H2,1-2H3. The number of phenolic OH excluding ortho intramolecular Hbond substituents is 1. The second kappa shape index (κ2) is 5.84. The van der Waals surface area contributed by atoms with E-state index in [1.165, 1.54) is 25.1 Å². The van der Waals surface area contributed by atoms with Gasteiger partial charge in [0.05, 0.1) is 6.61 Å². The minimum Gasteiger partial charge on any atom is -0.508 e. The molecule has 0 unspecified atom stereocenters. The number of benzene rings is 1. The van der Waals surface area contributed by atoms with Gasteiger partial charge in [0.25, 0.3) is 0 Å². The summed E-state index contributed by atoms with van der Waals surface area (Å²) >= 11 is 0. The van der Waals surface area contributed by atoms with Crippen molar-refractivity contribution in [2.24, 2.45) is 0 Å². The molecule has 17 heavy (non-hydrogen) atoms. The number of carbonyl (C=O) groups is 2. The van der Waals surface area contributed by atoms with E-state index in [1.807, 2.05) is 0 Å². The Labute approximate surface area is 99.5 Å². The summed E-state index contributed by atoms with van der Waals surface area (Å²) in [5.74, 6) is -0.854. The number of hydrogen-bond donors (Lipinski definition) is 1. The Morgan fingerprint density at radius 2 is 1.88 bits per heavy atom. The fourth-order valence-electron chi connectivity index (χ4n) is 1.25. The number of aromatic hydroxyl groups is 1. The zero-order chi connectivity index (χ0) is 12.8. The van der Waals surface area contributed by atoms with Crippen molar-refractivity contribution < 1.29 is 19.4 Å². The normalized spacial score (nSPS) is 11.1. The molecule has 0 aliphatic carbocycles. The van der Waals surface area contributed by atoms with E-state index < -0.39 is 5.97 Å². The third-order valence-electron chi connectivity index (χ3n) is 2.08. The highest BCUT2D eigenvalue weighted by Gasteiger charge is 2.15. The van der Waals surface area contributed by atoms with Crippen molar-refractivity contribution in [1.82, 2.24) is 0 Å². The Morgan fingerprint density at radius 3 is 2.35 bits per heavy atom. The van der Waals surface area contributed by atoms with Crippen molar-refractivity contribution in [2.75, 3.05) is 6.61 Å². The highest BCUT2D eigenvalue weighted by atomic mass is 16.5. The molecular weight excluding hydrogens is 220 g/mol. The average Bonchev–Trinajstić information content (AvgIpc) is 2.28. The molecule has 0 aliphatic rings. The van der Waals surface area contributed by atoms with Gasteiger partial charge in [0.15, 0.2) is 5.78 Å². The van der Waals surface area contributed by atoms with E-state index >= 15 is 0 Å². The van der Waals surface area contributed by atoms with Gasteiger partial charge in [-0.05, 0) is 37.6 Å². The number of carbonyl (C=O) groups excluding carboxylic acids is 2. The number of hydrogen-bond acceptors (Lipinski definition) is 4. The van der Waals surface area contributed by atoms with Crippen molar-refractivity contribution >= 4 is 17.8 Å². The molecule has 0 saturated heterocycles. The third kappa shape index (κ3) is 3.75. The Balaban J connectivity index is 3.02. The van der Waals surface area contributed by atoms with E-state index in [2.05, 4.69) is 0 Å². The summed E-state index contributed by atoms with van der Waals surface area (Å²) in [7, 11) is 0. The molecule has 0 heterocycles. The lowest BCUT2D eigenvalue weighted by Gasteiger charge is -2.03. The van der Waals surface area contributed by atoms with E-state index in [0.717, 1.165) is 0 Å². The Hall–Kier alpha value is -2.10. The first-order valence-corrected chi connectivity index (χ1v) is 5.23.